The van der Waals surface area contributed by atoms with Gasteiger partial charge in [0.1, 0.15) is 0 Å². The Labute approximate surface area is 42.6 Å². The molecule has 0 spiro atoms. The van der Waals surface area contributed by atoms with Crippen molar-refractivity contribution >= 4 is 32.3 Å². The van der Waals surface area contributed by atoms with Gasteiger partial charge in [0.2, 0.25) is 0 Å². The summed E-state index contributed by atoms with van der Waals surface area (Å²) < 4.78 is 0. The van der Waals surface area contributed by atoms with Gasteiger partial charge in [-0.1, -0.05) is 6.47 Å². The van der Waals surface area contributed by atoms with Crippen molar-refractivity contribution in [3.63, 3.8) is 0 Å². The molecule has 2 nitrogen and oxygen atoms in total. The zero-order valence-electron chi connectivity index (χ0n) is 1.93. The molecule has 0 aliphatic rings. The fraction of sp³-hybridized carbons (Fsp3) is 0. The monoisotopic (exact) mass is 160 g/mol. The second-order valence-corrected chi connectivity index (χ2v) is 0.0913. The third kappa shape index (κ3) is 36.3. The van der Waals surface area contributed by atoms with Crippen molar-refractivity contribution in [2.75, 3.05) is 0 Å². The third-order valence-electron chi connectivity index (χ3n) is 0. The van der Waals surface area contributed by atoms with E-state index in [4.69, 9.17) is 9.90 Å². The van der Waals surface area contributed by atoms with Crippen LogP contribution in [-0.2, 0) is 4.79 Å². The van der Waals surface area contributed by atoms with Crippen molar-refractivity contribution in [2.24, 2.45) is 0 Å². The summed E-state index contributed by atoms with van der Waals surface area (Å²) in [6, 6.07) is 0. The van der Waals surface area contributed by atoms with E-state index in [1.807, 2.05) is 0 Å². The van der Waals surface area contributed by atoms with E-state index in [1.165, 1.54) is 0 Å². The van der Waals surface area contributed by atoms with Crippen molar-refractivity contribution in [1.29, 1.82) is 0 Å². The molecule has 0 aromatic heterocycles. The SMILES string of the molecule is O=[C-]O.[In+]. The molecule has 0 rings (SSSR count). The predicted molar refractivity (Wildman–Crippen MR) is 14.1 cm³/mol. The smallest absolute Gasteiger partial charge is 0.665 e. The quantitative estimate of drug-likeness (QED) is 0.472. The topological polar surface area (TPSA) is 37.3 Å². The summed E-state index contributed by atoms with van der Waals surface area (Å²) in [5.41, 5.74) is 0. The Kier molecular flexibility index (Phi) is 22.5. The molecule has 0 bridgehead atoms. The molecule has 4 heavy (non-hydrogen) atoms. The second kappa shape index (κ2) is 10.2. The summed E-state index contributed by atoms with van der Waals surface area (Å²) in [7, 11) is 0. The van der Waals surface area contributed by atoms with Crippen LogP contribution in [0.2, 0.25) is 0 Å². The van der Waals surface area contributed by atoms with Gasteiger partial charge in [-0.3, -0.25) is 0 Å². The summed E-state index contributed by atoms with van der Waals surface area (Å²) in [5, 5.41) is 6.76. The van der Waals surface area contributed by atoms with Crippen molar-refractivity contribution in [3.05, 3.63) is 0 Å². The Balaban J connectivity index is 0. The predicted octanol–water partition coefficient (Wildman–Crippen LogP) is -0.769. The van der Waals surface area contributed by atoms with Gasteiger partial charge in [0.15, 0.2) is 0 Å². The minimum atomic E-state index is 0. The van der Waals surface area contributed by atoms with Crippen LogP contribution in [0.1, 0.15) is 0 Å². The molecule has 0 fully saturated rings. The van der Waals surface area contributed by atoms with Gasteiger partial charge in [0.05, 0.1) is 0 Å². The molecular weight excluding hydrogens is 159 g/mol. The molecule has 0 saturated heterocycles. The van der Waals surface area contributed by atoms with Gasteiger partial charge in [0, 0.05) is 0 Å². The van der Waals surface area contributed by atoms with Crippen LogP contribution in [0.4, 0.5) is 0 Å². The van der Waals surface area contributed by atoms with E-state index < -0.39 is 0 Å². The van der Waals surface area contributed by atoms with Crippen molar-refractivity contribution < 1.29 is 9.90 Å². The largest absolute Gasteiger partial charge is 1.00 e. The maximum absolute atomic E-state index is 8.24. The summed E-state index contributed by atoms with van der Waals surface area (Å²) in [6.45, 7) is 0.500. The van der Waals surface area contributed by atoms with Gasteiger partial charge in [-0.25, -0.2) is 0 Å². The first-order valence-electron chi connectivity index (χ1n) is 0.428. The molecule has 0 aromatic rings. The molecule has 2 radical (unpaired) electrons. The van der Waals surface area contributed by atoms with E-state index >= 15 is 0 Å². The maximum Gasteiger partial charge on any atom is 1.00 e. The normalized spacial score (nSPS) is 3.00. The fourth-order valence-electron chi connectivity index (χ4n) is 0. The van der Waals surface area contributed by atoms with Gasteiger partial charge < -0.3 is 9.90 Å². The Hall–Kier alpha value is 0.340. The van der Waals surface area contributed by atoms with E-state index in [9.17, 15) is 0 Å². The Morgan fingerprint density at radius 1 is 1.75 bits per heavy atom. The number of aliphatic hydroxyl groups excluding tert-OH is 1. The molecule has 0 aliphatic heterocycles. The molecule has 3 heteroatoms. The van der Waals surface area contributed by atoms with E-state index in [1.54, 1.807) is 0 Å². The fourth-order valence-corrected chi connectivity index (χ4v) is 0. The van der Waals surface area contributed by atoms with Crippen LogP contribution in [0.3, 0.4) is 0 Å². The van der Waals surface area contributed by atoms with Gasteiger partial charge in [-0.15, -0.1) is 0 Å². The first kappa shape index (κ1) is 8.84. The summed E-state index contributed by atoms with van der Waals surface area (Å²) in [6.07, 6.45) is 0. The Morgan fingerprint density at radius 2 is 1.75 bits per heavy atom. The number of hydrogen-bond donors (Lipinski definition) is 1. The van der Waals surface area contributed by atoms with Crippen LogP contribution < -0.4 is 0 Å². The van der Waals surface area contributed by atoms with Crippen LogP contribution in [0, 0.1) is 0 Å². The van der Waals surface area contributed by atoms with Gasteiger partial charge in [-0.05, 0) is 0 Å². The molecular formula is CHInO2. The summed E-state index contributed by atoms with van der Waals surface area (Å²) >= 11 is 0. The van der Waals surface area contributed by atoms with Crippen molar-refractivity contribution in [2.45, 2.75) is 0 Å². The molecule has 0 heterocycles. The first-order valence-corrected chi connectivity index (χ1v) is 0.428. The Morgan fingerprint density at radius 3 is 1.75 bits per heavy atom. The van der Waals surface area contributed by atoms with E-state index in [0.717, 1.165) is 0 Å². The molecule has 1 N–H and O–H groups in total. The minimum absolute atomic E-state index is 0. The van der Waals surface area contributed by atoms with Crippen LogP contribution in [0.15, 0.2) is 0 Å². The number of rotatable bonds is 0. The zero-order valence-corrected chi connectivity index (χ0v) is 5.23. The first-order chi connectivity index (χ1) is 1.41. The molecule has 0 aromatic carbocycles. The molecule has 20 valence electrons. The standard InChI is InChI=1S/CHO2.In/c2-1-3;/h(H,2,3);/q-1;+1. The van der Waals surface area contributed by atoms with Crippen molar-refractivity contribution in [1.82, 2.24) is 0 Å². The van der Waals surface area contributed by atoms with Crippen molar-refractivity contribution in [3.8, 4) is 0 Å². The van der Waals surface area contributed by atoms with E-state index in [2.05, 4.69) is 0 Å². The molecule has 0 aliphatic carbocycles. The molecule has 0 amide bonds. The van der Waals surface area contributed by atoms with E-state index in [-0.39, 0.29) is 25.8 Å². The molecule has 0 atom stereocenters. The minimum Gasteiger partial charge on any atom is -0.665 e. The number of hydrogen-bond acceptors (Lipinski definition) is 1. The maximum atomic E-state index is 8.24. The van der Waals surface area contributed by atoms with Gasteiger partial charge in [-0.2, -0.15) is 0 Å². The van der Waals surface area contributed by atoms with Crippen LogP contribution >= 0.6 is 0 Å². The van der Waals surface area contributed by atoms with Gasteiger partial charge in [0.25, 0.3) is 0 Å². The molecule has 0 unspecified atom stereocenters. The van der Waals surface area contributed by atoms with Crippen LogP contribution in [0.25, 0.3) is 0 Å². The molecule has 0 saturated carbocycles. The zero-order chi connectivity index (χ0) is 2.71. The average Bonchev–Trinajstić information content (AvgIpc) is 0.918. The second-order valence-electron chi connectivity index (χ2n) is 0.0913. The van der Waals surface area contributed by atoms with Crippen LogP contribution in [-0.4, -0.2) is 37.4 Å². The van der Waals surface area contributed by atoms with E-state index in [0.29, 0.717) is 6.47 Å². The average molecular weight is 160 g/mol. The van der Waals surface area contributed by atoms with Crippen LogP contribution in [0.5, 0.6) is 0 Å². The Bertz CT molecular complexity index is 13.5. The van der Waals surface area contributed by atoms with Gasteiger partial charge >= 0.3 is 25.8 Å². The summed E-state index contributed by atoms with van der Waals surface area (Å²) in [4.78, 5) is 8.24. The summed E-state index contributed by atoms with van der Waals surface area (Å²) in [5.74, 6) is 0. The third-order valence-corrected chi connectivity index (χ3v) is 0.